The molecule has 0 aliphatic rings. The van der Waals surface area contributed by atoms with Gasteiger partial charge in [-0.05, 0) is 19.0 Å². The Bertz CT molecular complexity index is 308. The van der Waals surface area contributed by atoms with Gasteiger partial charge < -0.3 is 10.3 Å². The summed E-state index contributed by atoms with van der Waals surface area (Å²) in [6.45, 7) is 9.48. The van der Waals surface area contributed by atoms with Crippen molar-refractivity contribution in [3.05, 3.63) is 30.5 Å². The van der Waals surface area contributed by atoms with Gasteiger partial charge in [0.15, 0.2) is 0 Å². The molecular formula is C12H25N5O. The van der Waals surface area contributed by atoms with E-state index in [4.69, 9.17) is 5.84 Å². The van der Waals surface area contributed by atoms with E-state index in [0.29, 0.717) is 12.8 Å². The van der Waals surface area contributed by atoms with Crippen LogP contribution in [0.1, 0.15) is 32.9 Å². The Labute approximate surface area is 109 Å². The van der Waals surface area contributed by atoms with Crippen LogP contribution in [-0.2, 0) is 11.2 Å². The van der Waals surface area contributed by atoms with E-state index in [1.165, 1.54) is 0 Å². The number of hydrazine groups is 1. The standard InChI is InChI=1S/C6H10N4O.C4H9N.C2H6/c7-10-6(11)2-1-5-3-8-4-9-5;1-4(2)5-3;1-2/h3-4H,1-2,7H2,(H,8,9)(H,10,11);5H,1H2,2-3H3;1-2H3. The number of H-pyrrole nitrogens is 1. The zero-order valence-corrected chi connectivity index (χ0v) is 11.7. The number of carbonyl (C=O) groups is 1. The lowest BCUT2D eigenvalue weighted by atomic mass is 10.2. The molecule has 0 fully saturated rings. The molecule has 6 nitrogen and oxygen atoms in total. The number of nitrogens with one attached hydrogen (secondary N) is 3. The first-order chi connectivity index (χ1) is 8.60. The molecule has 5 N–H and O–H groups in total. The molecule has 0 unspecified atom stereocenters. The van der Waals surface area contributed by atoms with Crippen LogP contribution in [0.4, 0.5) is 0 Å². The van der Waals surface area contributed by atoms with Crippen molar-refractivity contribution in [1.29, 1.82) is 0 Å². The smallest absolute Gasteiger partial charge is 0.234 e. The second-order valence-corrected chi connectivity index (χ2v) is 3.17. The van der Waals surface area contributed by atoms with Crippen LogP contribution in [0, 0.1) is 0 Å². The van der Waals surface area contributed by atoms with Crippen LogP contribution in [0.3, 0.4) is 0 Å². The lowest BCUT2D eigenvalue weighted by molar-refractivity contribution is -0.121. The van der Waals surface area contributed by atoms with Gasteiger partial charge in [0, 0.05) is 25.4 Å². The van der Waals surface area contributed by atoms with E-state index in [1.807, 2.05) is 27.8 Å². The van der Waals surface area contributed by atoms with Gasteiger partial charge in [-0.15, -0.1) is 0 Å². The van der Waals surface area contributed by atoms with Crippen molar-refractivity contribution in [2.24, 2.45) is 5.84 Å². The number of hydrogen-bond acceptors (Lipinski definition) is 4. The first kappa shape index (κ1) is 18.5. The summed E-state index contributed by atoms with van der Waals surface area (Å²) in [6.07, 6.45) is 4.29. The molecule has 0 aliphatic carbocycles. The Morgan fingerprint density at radius 1 is 1.56 bits per heavy atom. The van der Waals surface area contributed by atoms with Gasteiger partial charge in [-0.25, -0.2) is 10.8 Å². The van der Waals surface area contributed by atoms with Crippen LogP contribution in [0.2, 0.25) is 0 Å². The lowest BCUT2D eigenvalue weighted by Crippen LogP contribution is -2.30. The van der Waals surface area contributed by atoms with Crippen molar-refractivity contribution in [2.75, 3.05) is 7.05 Å². The van der Waals surface area contributed by atoms with Gasteiger partial charge >= 0.3 is 0 Å². The maximum atomic E-state index is 10.6. The second kappa shape index (κ2) is 13.2. The fourth-order valence-electron chi connectivity index (χ4n) is 0.742. The average molecular weight is 255 g/mol. The molecule has 1 aromatic rings. The molecular weight excluding hydrogens is 230 g/mol. The van der Waals surface area contributed by atoms with Gasteiger partial charge in [0.1, 0.15) is 0 Å². The third-order valence-corrected chi connectivity index (χ3v) is 1.76. The molecule has 0 spiro atoms. The second-order valence-electron chi connectivity index (χ2n) is 3.17. The molecule has 0 aliphatic heterocycles. The van der Waals surface area contributed by atoms with Crippen molar-refractivity contribution in [2.45, 2.75) is 33.6 Å². The maximum absolute atomic E-state index is 10.6. The average Bonchev–Trinajstić information content (AvgIpc) is 2.92. The van der Waals surface area contributed by atoms with E-state index in [1.54, 1.807) is 12.5 Å². The summed E-state index contributed by atoms with van der Waals surface area (Å²) in [7, 11) is 1.85. The molecule has 104 valence electrons. The molecule has 18 heavy (non-hydrogen) atoms. The molecule has 1 amide bonds. The number of amides is 1. The van der Waals surface area contributed by atoms with Crippen LogP contribution < -0.4 is 16.6 Å². The highest BCUT2D eigenvalue weighted by molar-refractivity contribution is 5.75. The van der Waals surface area contributed by atoms with Gasteiger partial charge in [0.25, 0.3) is 0 Å². The van der Waals surface area contributed by atoms with Gasteiger partial charge in [-0.1, -0.05) is 20.4 Å². The Morgan fingerprint density at radius 3 is 2.44 bits per heavy atom. The summed E-state index contributed by atoms with van der Waals surface area (Å²) < 4.78 is 0. The molecule has 1 heterocycles. The minimum absolute atomic E-state index is 0.167. The molecule has 6 heteroatoms. The topological polar surface area (TPSA) is 95.8 Å². The highest BCUT2D eigenvalue weighted by Gasteiger charge is 1.99. The highest BCUT2D eigenvalue weighted by Crippen LogP contribution is 1.95. The number of aryl methyl sites for hydroxylation is 1. The summed E-state index contributed by atoms with van der Waals surface area (Å²) in [4.78, 5) is 17.3. The normalized spacial score (nSPS) is 8.06. The van der Waals surface area contributed by atoms with E-state index < -0.39 is 0 Å². The molecule has 1 rings (SSSR count). The van der Waals surface area contributed by atoms with Crippen molar-refractivity contribution >= 4 is 5.91 Å². The summed E-state index contributed by atoms with van der Waals surface area (Å²) in [5, 5.41) is 2.83. The number of aromatic nitrogens is 2. The van der Waals surface area contributed by atoms with Gasteiger partial charge in [-0.2, -0.15) is 0 Å². The molecule has 0 bridgehead atoms. The van der Waals surface area contributed by atoms with Gasteiger partial charge in [0.05, 0.1) is 6.33 Å². The first-order valence-corrected chi connectivity index (χ1v) is 5.90. The monoisotopic (exact) mass is 255 g/mol. The fraction of sp³-hybridized carbons (Fsp3) is 0.500. The van der Waals surface area contributed by atoms with Crippen LogP contribution in [-0.4, -0.2) is 22.9 Å². The lowest BCUT2D eigenvalue weighted by Gasteiger charge is -1.95. The molecule has 0 radical (unpaired) electrons. The highest BCUT2D eigenvalue weighted by atomic mass is 16.2. The third-order valence-electron chi connectivity index (χ3n) is 1.76. The SMILES string of the molecule is C=C(C)NC.CC.NNC(=O)CCc1cnc[nH]1. The zero-order chi connectivity index (χ0) is 14.4. The predicted octanol–water partition coefficient (Wildman–Crippen LogP) is 1.10. The molecule has 0 saturated carbocycles. The largest absolute Gasteiger partial charge is 0.392 e. The quantitative estimate of drug-likeness (QED) is 0.368. The Hall–Kier alpha value is -1.82. The Morgan fingerprint density at radius 2 is 2.11 bits per heavy atom. The van der Waals surface area contributed by atoms with Crippen LogP contribution in [0.15, 0.2) is 24.8 Å². The van der Waals surface area contributed by atoms with Crippen molar-refractivity contribution < 1.29 is 4.79 Å². The minimum atomic E-state index is -0.167. The van der Waals surface area contributed by atoms with E-state index in [0.717, 1.165) is 11.4 Å². The van der Waals surface area contributed by atoms with E-state index in [-0.39, 0.29) is 5.91 Å². The van der Waals surface area contributed by atoms with Crippen LogP contribution >= 0.6 is 0 Å². The molecule has 0 saturated heterocycles. The van der Waals surface area contributed by atoms with Crippen LogP contribution in [0.5, 0.6) is 0 Å². The van der Waals surface area contributed by atoms with Crippen LogP contribution in [0.25, 0.3) is 0 Å². The molecule has 0 aromatic carbocycles. The molecule has 1 aromatic heterocycles. The Kier molecular flexibility index (Phi) is 13.6. The number of imidazole rings is 1. The fourth-order valence-corrected chi connectivity index (χ4v) is 0.742. The number of nitrogens with two attached hydrogens (primary N) is 1. The number of nitrogens with zero attached hydrogens (tertiary/aromatic N) is 1. The summed E-state index contributed by atoms with van der Waals surface area (Å²) in [5.41, 5.74) is 4.00. The summed E-state index contributed by atoms with van der Waals surface area (Å²) in [5.74, 6) is 4.72. The van der Waals surface area contributed by atoms with E-state index in [2.05, 4.69) is 27.3 Å². The number of carbonyl (C=O) groups excluding carboxylic acids is 1. The first-order valence-electron chi connectivity index (χ1n) is 5.90. The predicted molar refractivity (Wildman–Crippen MR) is 74.5 cm³/mol. The van der Waals surface area contributed by atoms with E-state index in [9.17, 15) is 4.79 Å². The summed E-state index contributed by atoms with van der Waals surface area (Å²) >= 11 is 0. The number of hydrogen-bond donors (Lipinski definition) is 4. The van der Waals surface area contributed by atoms with Crippen molar-refractivity contribution in [3.63, 3.8) is 0 Å². The number of rotatable bonds is 4. The Balaban J connectivity index is 0. The molecule has 0 atom stereocenters. The zero-order valence-electron chi connectivity index (χ0n) is 11.7. The minimum Gasteiger partial charge on any atom is -0.392 e. The van der Waals surface area contributed by atoms with Crippen molar-refractivity contribution in [3.8, 4) is 0 Å². The van der Waals surface area contributed by atoms with E-state index >= 15 is 0 Å². The number of aromatic amines is 1. The van der Waals surface area contributed by atoms with Crippen molar-refractivity contribution in [1.82, 2.24) is 20.7 Å². The van der Waals surface area contributed by atoms with Gasteiger partial charge in [-0.3, -0.25) is 10.2 Å². The third kappa shape index (κ3) is 12.3. The van der Waals surface area contributed by atoms with Gasteiger partial charge in [0.2, 0.25) is 5.91 Å². The maximum Gasteiger partial charge on any atom is 0.234 e. The number of allylic oxidation sites excluding steroid dienone is 1. The summed E-state index contributed by atoms with van der Waals surface area (Å²) in [6, 6.07) is 0.